The van der Waals surface area contributed by atoms with Crippen LogP contribution in [0.4, 0.5) is 5.69 Å². The van der Waals surface area contributed by atoms with E-state index in [1.165, 1.54) is 9.75 Å². The van der Waals surface area contributed by atoms with Gasteiger partial charge in [-0.3, -0.25) is 9.88 Å². The van der Waals surface area contributed by atoms with E-state index in [1.807, 2.05) is 37.3 Å². The molecule has 0 unspecified atom stereocenters. The maximum absolute atomic E-state index is 12.8. The number of carbonyl (C=O) groups is 1. The molecule has 6 heteroatoms. The van der Waals surface area contributed by atoms with Crippen LogP contribution >= 0.6 is 11.3 Å². The minimum atomic E-state index is -0.328. The van der Waals surface area contributed by atoms with Crippen LogP contribution in [0.25, 0.3) is 11.1 Å². The number of nitrogens with zero attached hydrogens (tertiary/aromatic N) is 3. The van der Waals surface area contributed by atoms with Crippen molar-refractivity contribution in [2.24, 2.45) is 0 Å². The van der Waals surface area contributed by atoms with Gasteiger partial charge in [0.25, 0.3) is 0 Å². The summed E-state index contributed by atoms with van der Waals surface area (Å²) in [6, 6.07) is 15.3. The van der Waals surface area contributed by atoms with E-state index in [-0.39, 0.29) is 12.1 Å². The van der Waals surface area contributed by atoms with Gasteiger partial charge in [-0.15, -0.1) is 11.3 Å². The number of hydrogen-bond donors (Lipinski definition) is 0. The Kier molecular flexibility index (Phi) is 7.46. The molecule has 1 fully saturated rings. The second-order valence-corrected chi connectivity index (χ2v) is 10.2. The molecule has 0 amide bonds. The van der Waals surface area contributed by atoms with Gasteiger partial charge in [0.2, 0.25) is 0 Å². The van der Waals surface area contributed by atoms with E-state index < -0.39 is 0 Å². The smallest absolute Gasteiger partial charge is 0.340 e. The number of esters is 1. The lowest BCUT2D eigenvalue weighted by molar-refractivity contribution is 0.0378. The van der Waals surface area contributed by atoms with Crippen molar-refractivity contribution in [2.45, 2.75) is 52.8 Å². The Morgan fingerprint density at radius 3 is 2.76 bits per heavy atom. The summed E-state index contributed by atoms with van der Waals surface area (Å²) < 4.78 is 5.49. The van der Waals surface area contributed by atoms with Gasteiger partial charge in [-0.05, 0) is 58.0 Å². The van der Waals surface area contributed by atoms with Crippen molar-refractivity contribution >= 4 is 23.0 Å². The van der Waals surface area contributed by atoms with Crippen molar-refractivity contribution in [3.8, 4) is 11.1 Å². The fourth-order valence-corrected chi connectivity index (χ4v) is 5.49. The second-order valence-electron chi connectivity index (χ2n) is 8.86. The highest BCUT2D eigenvalue weighted by Crippen LogP contribution is 2.35. The molecule has 1 saturated heterocycles. The quantitative estimate of drug-likeness (QED) is 0.396. The summed E-state index contributed by atoms with van der Waals surface area (Å²) >= 11 is 1.89. The molecule has 1 atom stereocenters. The number of rotatable bonds is 8. The first kappa shape index (κ1) is 23.5. The number of aromatic nitrogens is 1. The van der Waals surface area contributed by atoms with Crippen molar-refractivity contribution in [3.05, 3.63) is 70.2 Å². The SMILES string of the molecule is CCN(Cc1ccc(C)s1)[C@@H]1CCN(c2ccccc2-c2ccncc2C(=O)OC(C)C)C1. The average Bonchev–Trinajstić information content (AvgIpc) is 3.46. The molecule has 0 saturated carbocycles. The fraction of sp³-hybridized carbons (Fsp3) is 0.407. The van der Waals surface area contributed by atoms with Crippen molar-refractivity contribution in [2.75, 3.05) is 24.5 Å². The summed E-state index contributed by atoms with van der Waals surface area (Å²) in [7, 11) is 0. The van der Waals surface area contributed by atoms with Crippen molar-refractivity contribution in [3.63, 3.8) is 0 Å². The predicted octanol–water partition coefficient (Wildman–Crippen LogP) is 5.78. The number of thiophene rings is 1. The number of carbonyl (C=O) groups excluding carboxylic acids is 1. The minimum Gasteiger partial charge on any atom is -0.459 e. The largest absolute Gasteiger partial charge is 0.459 e. The van der Waals surface area contributed by atoms with E-state index in [0.717, 1.165) is 49.4 Å². The maximum Gasteiger partial charge on any atom is 0.340 e. The van der Waals surface area contributed by atoms with Crippen molar-refractivity contribution in [1.82, 2.24) is 9.88 Å². The molecule has 1 aliphatic heterocycles. The Balaban J connectivity index is 1.57. The van der Waals surface area contributed by atoms with Gasteiger partial charge >= 0.3 is 5.97 Å². The zero-order chi connectivity index (χ0) is 23.4. The van der Waals surface area contributed by atoms with Gasteiger partial charge in [-0.1, -0.05) is 25.1 Å². The lowest BCUT2D eigenvalue weighted by Gasteiger charge is -2.28. The number of likely N-dealkylation sites (N-methyl/N-ethyl adjacent to an activating group) is 1. The van der Waals surface area contributed by atoms with Crippen LogP contribution in [0.3, 0.4) is 0 Å². The molecule has 3 heterocycles. The first-order chi connectivity index (χ1) is 16.0. The zero-order valence-corrected chi connectivity index (χ0v) is 20.8. The van der Waals surface area contributed by atoms with Crippen LogP contribution in [0.5, 0.6) is 0 Å². The van der Waals surface area contributed by atoms with Crippen molar-refractivity contribution in [1.29, 1.82) is 0 Å². The molecule has 174 valence electrons. The van der Waals surface area contributed by atoms with Gasteiger partial charge in [0.1, 0.15) is 0 Å². The molecule has 0 spiro atoms. The third-order valence-electron chi connectivity index (χ3n) is 6.16. The monoisotopic (exact) mass is 463 g/mol. The van der Waals surface area contributed by atoms with Crippen LogP contribution < -0.4 is 4.90 Å². The highest BCUT2D eigenvalue weighted by Gasteiger charge is 2.29. The molecule has 3 aromatic rings. The number of anilines is 1. The first-order valence-corrected chi connectivity index (χ1v) is 12.6. The number of ether oxygens (including phenoxy) is 1. The zero-order valence-electron chi connectivity index (χ0n) is 20.0. The number of pyridine rings is 1. The molecular weight excluding hydrogens is 430 g/mol. The van der Waals surface area contributed by atoms with E-state index in [4.69, 9.17) is 4.74 Å². The van der Waals surface area contributed by atoms with Crippen LogP contribution in [0.15, 0.2) is 54.9 Å². The number of para-hydroxylation sites is 1. The summed E-state index contributed by atoms with van der Waals surface area (Å²) in [5.74, 6) is -0.328. The normalized spacial score (nSPS) is 16.1. The average molecular weight is 464 g/mol. The van der Waals surface area contributed by atoms with Crippen LogP contribution in [-0.4, -0.2) is 47.6 Å². The lowest BCUT2D eigenvalue weighted by Crippen LogP contribution is -2.36. The molecular formula is C27H33N3O2S. The molecule has 33 heavy (non-hydrogen) atoms. The van der Waals surface area contributed by atoms with Crippen LogP contribution in [0.1, 0.15) is 47.3 Å². The molecule has 4 rings (SSSR count). The van der Waals surface area contributed by atoms with E-state index >= 15 is 0 Å². The van der Waals surface area contributed by atoms with E-state index in [1.54, 1.807) is 12.4 Å². The summed E-state index contributed by atoms with van der Waals surface area (Å²) in [5, 5.41) is 0. The van der Waals surface area contributed by atoms with Gasteiger partial charge in [0, 0.05) is 64.6 Å². The van der Waals surface area contributed by atoms with E-state index in [9.17, 15) is 4.79 Å². The molecule has 1 aromatic carbocycles. The Labute approximate surface area is 201 Å². The van der Waals surface area contributed by atoms with Gasteiger partial charge in [-0.25, -0.2) is 4.79 Å². The molecule has 5 nitrogen and oxygen atoms in total. The van der Waals surface area contributed by atoms with Crippen LogP contribution in [0, 0.1) is 6.92 Å². The minimum absolute atomic E-state index is 0.174. The summed E-state index contributed by atoms with van der Waals surface area (Å²) in [4.78, 5) is 24.8. The van der Waals surface area contributed by atoms with E-state index in [0.29, 0.717) is 11.6 Å². The number of benzene rings is 1. The van der Waals surface area contributed by atoms with Gasteiger partial charge in [-0.2, -0.15) is 0 Å². The molecule has 0 bridgehead atoms. The third kappa shape index (κ3) is 5.45. The van der Waals surface area contributed by atoms with Crippen LogP contribution in [0.2, 0.25) is 0 Å². The number of aryl methyl sites for hydroxylation is 1. The topological polar surface area (TPSA) is 45.7 Å². The second kappa shape index (κ2) is 10.5. The van der Waals surface area contributed by atoms with Gasteiger partial charge in [0.05, 0.1) is 11.7 Å². The molecule has 0 N–H and O–H groups in total. The summed E-state index contributed by atoms with van der Waals surface area (Å²) in [5.41, 5.74) is 3.59. The highest BCUT2D eigenvalue weighted by molar-refractivity contribution is 7.11. The molecule has 0 aliphatic carbocycles. The lowest BCUT2D eigenvalue weighted by atomic mass is 9.99. The molecule has 2 aromatic heterocycles. The molecule has 1 aliphatic rings. The summed E-state index contributed by atoms with van der Waals surface area (Å²) in [6.45, 7) is 12.2. The maximum atomic E-state index is 12.8. The number of hydrogen-bond acceptors (Lipinski definition) is 6. The fourth-order valence-electron chi connectivity index (χ4n) is 4.57. The first-order valence-electron chi connectivity index (χ1n) is 11.7. The predicted molar refractivity (Wildman–Crippen MR) is 136 cm³/mol. The Morgan fingerprint density at radius 1 is 1.21 bits per heavy atom. The van der Waals surface area contributed by atoms with Gasteiger partial charge < -0.3 is 9.64 Å². The van der Waals surface area contributed by atoms with Gasteiger partial charge in [0.15, 0.2) is 0 Å². The Hall–Kier alpha value is -2.70. The molecule has 0 radical (unpaired) electrons. The summed E-state index contributed by atoms with van der Waals surface area (Å²) in [6.07, 6.45) is 4.32. The van der Waals surface area contributed by atoms with Crippen molar-refractivity contribution < 1.29 is 9.53 Å². The third-order valence-corrected chi connectivity index (χ3v) is 7.14. The van der Waals surface area contributed by atoms with E-state index in [2.05, 4.69) is 59.0 Å². The standard InChI is InChI=1S/C27H33N3O2S/c1-5-29(18-22-11-10-20(4)33-22)21-13-15-30(17-21)26-9-7-6-8-24(26)23-12-14-28-16-25(23)27(31)32-19(2)3/h6-12,14,16,19,21H,5,13,15,17-18H2,1-4H3/t21-/m1/s1. The Bertz CT molecular complexity index is 1090. The Morgan fingerprint density at radius 2 is 2.03 bits per heavy atom. The highest BCUT2D eigenvalue weighted by atomic mass is 32.1. The van der Waals surface area contributed by atoms with Crippen LogP contribution in [-0.2, 0) is 11.3 Å².